The maximum absolute atomic E-state index is 11.9. The number of aromatic nitrogens is 1. The van der Waals surface area contributed by atoms with Crippen LogP contribution in [0.5, 0.6) is 0 Å². The lowest BCUT2D eigenvalue weighted by Gasteiger charge is -2.28. The second-order valence-corrected chi connectivity index (χ2v) is 5.03. The Labute approximate surface area is 99.5 Å². The molecule has 0 saturated carbocycles. The first kappa shape index (κ1) is 11.5. The minimum atomic E-state index is -0.0531. The van der Waals surface area contributed by atoms with Gasteiger partial charge < -0.3 is 10.6 Å². The lowest BCUT2D eigenvalue weighted by atomic mass is 9.90. The number of carbonyl (C=O) groups is 1. The van der Waals surface area contributed by atoms with Crippen molar-refractivity contribution in [3.05, 3.63) is 11.6 Å². The molecule has 16 heavy (non-hydrogen) atoms. The van der Waals surface area contributed by atoms with E-state index in [9.17, 15) is 4.79 Å². The highest BCUT2D eigenvalue weighted by Crippen LogP contribution is 2.20. The zero-order chi connectivity index (χ0) is 11.4. The lowest BCUT2D eigenvalue weighted by molar-refractivity contribution is -0.119. The SMILES string of the molecule is CCC1CCNC(C(=O)Nc2nccs2)C1. The molecule has 1 saturated heterocycles. The molecule has 2 unspecified atom stereocenters. The number of rotatable bonds is 3. The number of amides is 1. The molecule has 5 heteroatoms. The average molecular weight is 239 g/mol. The van der Waals surface area contributed by atoms with Crippen LogP contribution in [-0.4, -0.2) is 23.5 Å². The van der Waals surface area contributed by atoms with Crippen LogP contribution in [0.1, 0.15) is 26.2 Å². The Hall–Kier alpha value is -0.940. The summed E-state index contributed by atoms with van der Waals surface area (Å²) in [5, 5.41) is 8.65. The maximum atomic E-state index is 11.9. The minimum Gasteiger partial charge on any atom is -0.306 e. The van der Waals surface area contributed by atoms with Crippen LogP contribution in [0, 0.1) is 5.92 Å². The molecule has 1 fully saturated rings. The summed E-state index contributed by atoms with van der Waals surface area (Å²) in [7, 11) is 0. The zero-order valence-corrected chi connectivity index (χ0v) is 10.2. The van der Waals surface area contributed by atoms with Gasteiger partial charge >= 0.3 is 0 Å². The Bertz CT molecular complexity index is 339. The smallest absolute Gasteiger partial charge is 0.243 e. The zero-order valence-electron chi connectivity index (χ0n) is 9.40. The summed E-state index contributed by atoms with van der Waals surface area (Å²) in [6, 6.07) is -0.0531. The molecule has 4 nitrogen and oxygen atoms in total. The standard InChI is InChI=1S/C11H17N3OS/c1-2-8-3-4-12-9(7-8)10(15)14-11-13-5-6-16-11/h5-6,8-9,12H,2-4,7H2,1H3,(H,13,14,15). The number of nitrogens with one attached hydrogen (secondary N) is 2. The first-order valence-electron chi connectivity index (χ1n) is 5.73. The van der Waals surface area contributed by atoms with E-state index < -0.39 is 0 Å². The van der Waals surface area contributed by atoms with Crippen molar-refractivity contribution in [2.75, 3.05) is 11.9 Å². The largest absolute Gasteiger partial charge is 0.306 e. The van der Waals surface area contributed by atoms with E-state index in [4.69, 9.17) is 0 Å². The van der Waals surface area contributed by atoms with E-state index in [1.807, 2.05) is 5.38 Å². The summed E-state index contributed by atoms with van der Waals surface area (Å²) in [6.45, 7) is 3.13. The van der Waals surface area contributed by atoms with Crippen molar-refractivity contribution >= 4 is 22.4 Å². The maximum Gasteiger partial charge on any atom is 0.243 e. The van der Waals surface area contributed by atoms with E-state index in [2.05, 4.69) is 22.5 Å². The van der Waals surface area contributed by atoms with Gasteiger partial charge in [-0.05, 0) is 25.3 Å². The monoisotopic (exact) mass is 239 g/mol. The van der Waals surface area contributed by atoms with Crippen LogP contribution in [0.25, 0.3) is 0 Å². The van der Waals surface area contributed by atoms with Gasteiger partial charge in [-0.15, -0.1) is 11.3 Å². The molecular formula is C11H17N3OS. The normalized spacial score (nSPS) is 25.3. The topological polar surface area (TPSA) is 54.0 Å². The molecule has 2 rings (SSSR count). The van der Waals surface area contributed by atoms with Gasteiger partial charge in [0.05, 0.1) is 6.04 Å². The molecule has 2 N–H and O–H groups in total. The Balaban J connectivity index is 1.89. The van der Waals surface area contributed by atoms with E-state index in [1.165, 1.54) is 17.8 Å². The van der Waals surface area contributed by atoms with Gasteiger partial charge in [0.1, 0.15) is 0 Å². The summed E-state index contributed by atoms with van der Waals surface area (Å²) in [5.74, 6) is 0.724. The fraction of sp³-hybridized carbons (Fsp3) is 0.636. The molecule has 1 aromatic heterocycles. The third kappa shape index (κ3) is 2.80. The molecule has 0 aliphatic carbocycles. The van der Waals surface area contributed by atoms with E-state index in [1.54, 1.807) is 6.20 Å². The van der Waals surface area contributed by atoms with Crippen LogP contribution in [0.3, 0.4) is 0 Å². The molecule has 0 aromatic carbocycles. The third-order valence-corrected chi connectivity index (χ3v) is 3.76. The quantitative estimate of drug-likeness (QED) is 0.846. The molecule has 1 aromatic rings. The molecule has 2 atom stereocenters. The Morgan fingerprint density at radius 1 is 1.75 bits per heavy atom. The third-order valence-electron chi connectivity index (χ3n) is 3.07. The first-order chi connectivity index (χ1) is 7.79. The van der Waals surface area contributed by atoms with Gasteiger partial charge in [0.25, 0.3) is 0 Å². The van der Waals surface area contributed by atoms with Gasteiger partial charge in [-0.25, -0.2) is 4.98 Å². The number of carbonyl (C=O) groups excluding carboxylic acids is 1. The predicted octanol–water partition coefficient (Wildman–Crippen LogP) is 1.86. The summed E-state index contributed by atoms with van der Waals surface area (Å²) in [5.41, 5.74) is 0. The fourth-order valence-electron chi connectivity index (χ4n) is 2.04. The Kier molecular flexibility index (Phi) is 3.90. The molecule has 1 amide bonds. The number of piperidine rings is 1. The number of anilines is 1. The number of thiazole rings is 1. The average Bonchev–Trinajstić information content (AvgIpc) is 2.82. The Morgan fingerprint density at radius 3 is 3.31 bits per heavy atom. The van der Waals surface area contributed by atoms with Crippen molar-refractivity contribution in [1.82, 2.24) is 10.3 Å². The van der Waals surface area contributed by atoms with Crippen molar-refractivity contribution in [2.24, 2.45) is 5.92 Å². The molecule has 88 valence electrons. The lowest BCUT2D eigenvalue weighted by Crippen LogP contribution is -2.46. The molecule has 1 aliphatic heterocycles. The molecular weight excluding hydrogens is 222 g/mol. The van der Waals surface area contributed by atoms with E-state index >= 15 is 0 Å². The van der Waals surface area contributed by atoms with Gasteiger partial charge in [-0.2, -0.15) is 0 Å². The van der Waals surface area contributed by atoms with Crippen molar-refractivity contribution in [3.63, 3.8) is 0 Å². The van der Waals surface area contributed by atoms with Gasteiger partial charge in [-0.1, -0.05) is 13.3 Å². The van der Waals surface area contributed by atoms with Gasteiger partial charge in [-0.3, -0.25) is 4.79 Å². The second kappa shape index (κ2) is 5.41. The molecule has 0 bridgehead atoms. The highest BCUT2D eigenvalue weighted by atomic mass is 32.1. The van der Waals surface area contributed by atoms with Crippen molar-refractivity contribution < 1.29 is 4.79 Å². The molecule has 2 heterocycles. The summed E-state index contributed by atoms with van der Waals surface area (Å²) in [4.78, 5) is 16.0. The first-order valence-corrected chi connectivity index (χ1v) is 6.61. The van der Waals surface area contributed by atoms with Crippen LogP contribution in [0.2, 0.25) is 0 Å². The molecule has 0 radical (unpaired) electrons. The Morgan fingerprint density at radius 2 is 2.62 bits per heavy atom. The minimum absolute atomic E-state index is 0.0492. The van der Waals surface area contributed by atoms with Gasteiger partial charge in [0.15, 0.2) is 5.13 Å². The highest BCUT2D eigenvalue weighted by molar-refractivity contribution is 7.13. The van der Waals surface area contributed by atoms with Crippen molar-refractivity contribution in [1.29, 1.82) is 0 Å². The summed E-state index contributed by atoms with van der Waals surface area (Å²) < 4.78 is 0. The van der Waals surface area contributed by atoms with Crippen LogP contribution < -0.4 is 10.6 Å². The fourth-order valence-corrected chi connectivity index (χ4v) is 2.58. The number of hydrogen-bond donors (Lipinski definition) is 2. The van der Waals surface area contributed by atoms with Crippen LogP contribution in [0.4, 0.5) is 5.13 Å². The van der Waals surface area contributed by atoms with Crippen LogP contribution in [0.15, 0.2) is 11.6 Å². The molecule has 0 spiro atoms. The van der Waals surface area contributed by atoms with Gasteiger partial charge in [0, 0.05) is 11.6 Å². The van der Waals surface area contributed by atoms with Crippen LogP contribution >= 0.6 is 11.3 Å². The van der Waals surface area contributed by atoms with Crippen molar-refractivity contribution in [2.45, 2.75) is 32.2 Å². The van der Waals surface area contributed by atoms with Crippen molar-refractivity contribution in [3.8, 4) is 0 Å². The van der Waals surface area contributed by atoms with Crippen LogP contribution in [-0.2, 0) is 4.79 Å². The molecule has 1 aliphatic rings. The summed E-state index contributed by atoms with van der Waals surface area (Å²) in [6.07, 6.45) is 4.97. The predicted molar refractivity (Wildman–Crippen MR) is 65.5 cm³/mol. The van der Waals surface area contributed by atoms with E-state index in [0.717, 1.165) is 19.4 Å². The number of hydrogen-bond acceptors (Lipinski definition) is 4. The summed E-state index contributed by atoms with van der Waals surface area (Å²) >= 11 is 1.45. The van der Waals surface area contributed by atoms with E-state index in [0.29, 0.717) is 11.0 Å². The number of nitrogens with zero attached hydrogens (tertiary/aromatic N) is 1. The highest BCUT2D eigenvalue weighted by Gasteiger charge is 2.26. The van der Waals surface area contributed by atoms with Gasteiger partial charge in [0.2, 0.25) is 5.91 Å². The second-order valence-electron chi connectivity index (χ2n) is 4.13. The van der Waals surface area contributed by atoms with E-state index in [-0.39, 0.29) is 11.9 Å².